The van der Waals surface area contributed by atoms with E-state index in [1.807, 2.05) is 27.7 Å². The highest BCUT2D eigenvalue weighted by Gasteiger charge is 2.22. The molecule has 1 heterocycles. The van der Waals surface area contributed by atoms with Gasteiger partial charge in [-0.05, 0) is 34.6 Å². The summed E-state index contributed by atoms with van der Waals surface area (Å²) in [5.41, 5.74) is 2.10. The van der Waals surface area contributed by atoms with Gasteiger partial charge in [0.25, 0.3) is 0 Å². The summed E-state index contributed by atoms with van der Waals surface area (Å²) in [6.45, 7) is 9.66. The molecule has 2 unspecified atom stereocenters. The van der Waals surface area contributed by atoms with E-state index in [-0.39, 0.29) is 6.10 Å². The second-order valence-corrected chi connectivity index (χ2v) is 4.32. The largest absolute Gasteiger partial charge is 0.481 e. The molecule has 0 aromatic carbocycles. The molecule has 0 saturated heterocycles. The second-order valence-electron chi connectivity index (χ2n) is 4.32. The Bertz CT molecular complexity index is 423. The first kappa shape index (κ1) is 14.6. The zero-order valence-electron chi connectivity index (χ0n) is 11.5. The fourth-order valence-corrected chi connectivity index (χ4v) is 2.01. The number of nitrogens with zero attached hydrogens (tertiary/aromatic N) is 2. The van der Waals surface area contributed by atoms with Crippen molar-refractivity contribution in [3.63, 3.8) is 0 Å². The number of carbonyl (C=O) groups is 1. The lowest BCUT2D eigenvalue weighted by Crippen LogP contribution is -2.16. The molecule has 2 atom stereocenters. The van der Waals surface area contributed by atoms with Gasteiger partial charge in [0.2, 0.25) is 0 Å². The van der Waals surface area contributed by atoms with Crippen molar-refractivity contribution in [1.82, 2.24) is 9.97 Å². The zero-order valence-corrected chi connectivity index (χ0v) is 11.5. The highest BCUT2D eigenvalue weighted by atomic mass is 16.5. The minimum absolute atomic E-state index is 0.179. The van der Waals surface area contributed by atoms with E-state index in [1.165, 1.54) is 0 Å². The molecule has 1 aromatic heterocycles. The van der Waals surface area contributed by atoms with E-state index in [0.29, 0.717) is 29.4 Å². The molecule has 5 nitrogen and oxygen atoms in total. The van der Waals surface area contributed by atoms with Gasteiger partial charge in [-0.2, -0.15) is 0 Å². The predicted molar refractivity (Wildman–Crippen MR) is 67.6 cm³/mol. The van der Waals surface area contributed by atoms with E-state index in [1.54, 1.807) is 6.92 Å². The molecule has 100 valence electrons. The molecule has 5 heteroatoms. The molecule has 0 aliphatic rings. The molecule has 0 bridgehead atoms. The van der Waals surface area contributed by atoms with Crippen molar-refractivity contribution < 1.29 is 14.6 Å². The maximum absolute atomic E-state index is 11.0. The summed E-state index contributed by atoms with van der Waals surface area (Å²) in [4.78, 5) is 19.8. The number of ether oxygens (including phenoxy) is 1. The third kappa shape index (κ3) is 3.04. The summed E-state index contributed by atoms with van der Waals surface area (Å²) in [5, 5.41) is 9.07. The molecule has 0 amide bonds. The van der Waals surface area contributed by atoms with Gasteiger partial charge in [0.1, 0.15) is 6.10 Å². The topological polar surface area (TPSA) is 72.3 Å². The van der Waals surface area contributed by atoms with E-state index in [2.05, 4.69) is 9.97 Å². The van der Waals surface area contributed by atoms with E-state index < -0.39 is 11.9 Å². The minimum Gasteiger partial charge on any atom is -0.481 e. The number of carboxylic acids is 1. The van der Waals surface area contributed by atoms with Crippen LogP contribution in [0.4, 0.5) is 0 Å². The third-order valence-electron chi connectivity index (χ3n) is 2.93. The van der Waals surface area contributed by atoms with Crippen LogP contribution in [0.3, 0.4) is 0 Å². The molecule has 1 aromatic rings. The number of hydrogen-bond donors (Lipinski definition) is 1. The summed E-state index contributed by atoms with van der Waals surface area (Å²) in [6.07, 6.45) is -0.179. The minimum atomic E-state index is -0.865. The van der Waals surface area contributed by atoms with Crippen LogP contribution in [0.25, 0.3) is 0 Å². The average Bonchev–Trinajstić information content (AvgIpc) is 2.27. The molecular weight excluding hydrogens is 232 g/mol. The van der Waals surface area contributed by atoms with E-state index in [4.69, 9.17) is 9.84 Å². The summed E-state index contributed by atoms with van der Waals surface area (Å²) >= 11 is 0. The molecule has 0 spiro atoms. The van der Waals surface area contributed by atoms with Crippen molar-refractivity contribution in [3.8, 4) is 0 Å². The first-order valence-electron chi connectivity index (χ1n) is 6.07. The van der Waals surface area contributed by atoms with Crippen LogP contribution >= 0.6 is 0 Å². The van der Waals surface area contributed by atoms with Gasteiger partial charge in [0, 0.05) is 23.6 Å². The molecule has 0 radical (unpaired) electrons. The van der Waals surface area contributed by atoms with E-state index in [0.717, 1.165) is 0 Å². The Balaban J connectivity index is 3.16. The number of carboxylic acid groups (broad SMARTS) is 1. The van der Waals surface area contributed by atoms with E-state index in [9.17, 15) is 4.79 Å². The predicted octanol–water partition coefficient (Wildman–Crippen LogP) is 2.38. The molecule has 0 aliphatic heterocycles. The lowest BCUT2D eigenvalue weighted by molar-refractivity contribution is -0.138. The van der Waals surface area contributed by atoms with Gasteiger partial charge in [-0.25, -0.2) is 9.97 Å². The van der Waals surface area contributed by atoms with Gasteiger partial charge in [0.15, 0.2) is 5.82 Å². The smallest absolute Gasteiger partial charge is 0.310 e. The maximum atomic E-state index is 11.0. The van der Waals surface area contributed by atoms with Gasteiger partial charge in [-0.1, -0.05) is 0 Å². The number of aromatic nitrogens is 2. The molecule has 0 aliphatic carbocycles. The standard InChI is InChI=1S/C13H20N2O3/c1-6-18-10(5)12-14-8(3)11(9(4)15-12)7(2)13(16)17/h7,10H,6H2,1-5H3,(H,16,17). The van der Waals surface area contributed by atoms with Crippen molar-refractivity contribution in [2.75, 3.05) is 6.61 Å². The zero-order chi connectivity index (χ0) is 13.9. The Kier molecular flexibility index (Phi) is 4.78. The van der Waals surface area contributed by atoms with Crippen molar-refractivity contribution in [2.24, 2.45) is 0 Å². The van der Waals surface area contributed by atoms with Crippen LogP contribution in [0, 0.1) is 13.8 Å². The third-order valence-corrected chi connectivity index (χ3v) is 2.93. The normalized spacial score (nSPS) is 14.3. The van der Waals surface area contributed by atoms with Crippen molar-refractivity contribution in [2.45, 2.75) is 46.6 Å². The van der Waals surface area contributed by atoms with Crippen molar-refractivity contribution >= 4 is 5.97 Å². The van der Waals surface area contributed by atoms with Gasteiger partial charge < -0.3 is 9.84 Å². The summed E-state index contributed by atoms with van der Waals surface area (Å²) < 4.78 is 5.44. The quantitative estimate of drug-likeness (QED) is 0.871. The van der Waals surface area contributed by atoms with Crippen molar-refractivity contribution in [1.29, 1.82) is 0 Å². The number of aryl methyl sites for hydroxylation is 2. The Morgan fingerprint density at radius 1 is 1.28 bits per heavy atom. The molecular formula is C13H20N2O3. The fraction of sp³-hybridized carbons (Fsp3) is 0.615. The van der Waals surface area contributed by atoms with Crippen LogP contribution in [0.15, 0.2) is 0 Å². The Morgan fingerprint density at radius 2 is 1.78 bits per heavy atom. The molecule has 0 saturated carbocycles. The number of aliphatic carboxylic acids is 1. The van der Waals surface area contributed by atoms with Gasteiger partial charge in [0.05, 0.1) is 5.92 Å². The highest BCUT2D eigenvalue weighted by molar-refractivity contribution is 5.76. The van der Waals surface area contributed by atoms with Crippen LogP contribution in [-0.2, 0) is 9.53 Å². The molecule has 18 heavy (non-hydrogen) atoms. The fourth-order valence-electron chi connectivity index (χ4n) is 2.01. The first-order valence-corrected chi connectivity index (χ1v) is 6.07. The molecule has 0 fully saturated rings. The van der Waals surface area contributed by atoms with Gasteiger partial charge in [-0.3, -0.25) is 4.79 Å². The van der Waals surface area contributed by atoms with Gasteiger partial charge in [-0.15, -0.1) is 0 Å². The van der Waals surface area contributed by atoms with Crippen LogP contribution < -0.4 is 0 Å². The lowest BCUT2D eigenvalue weighted by Gasteiger charge is -2.16. The monoisotopic (exact) mass is 252 g/mol. The van der Waals surface area contributed by atoms with Crippen LogP contribution in [0.1, 0.15) is 55.6 Å². The van der Waals surface area contributed by atoms with E-state index >= 15 is 0 Å². The number of rotatable bonds is 5. The second kappa shape index (κ2) is 5.91. The Morgan fingerprint density at radius 3 is 2.17 bits per heavy atom. The Labute approximate surface area is 107 Å². The SMILES string of the molecule is CCOC(C)c1nc(C)c(C(C)C(=O)O)c(C)n1. The highest BCUT2D eigenvalue weighted by Crippen LogP contribution is 2.23. The van der Waals surface area contributed by atoms with Crippen molar-refractivity contribution in [3.05, 3.63) is 22.8 Å². The molecule has 1 rings (SSSR count). The van der Waals surface area contributed by atoms with Gasteiger partial charge >= 0.3 is 5.97 Å². The molecule has 1 N–H and O–H groups in total. The lowest BCUT2D eigenvalue weighted by atomic mass is 9.98. The average molecular weight is 252 g/mol. The van der Waals surface area contributed by atoms with Crippen LogP contribution in [0.5, 0.6) is 0 Å². The maximum Gasteiger partial charge on any atom is 0.310 e. The first-order chi connectivity index (χ1) is 8.38. The summed E-state index contributed by atoms with van der Waals surface area (Å²) in [5.74, 6) is -0.856. The summed E-state index contributed by atoms with van der Waals surface area (Å²) in [7, 11) is 0. The summed E-state index contributed by atoms with van der Waals surface area (Å²) in [6, 6.07) is 0. The Hall–Kier alpha value is -1.49. The van der Waals surface area contributed by atoms with Crippen LogP contribution in [-0.4, -0.2) is 27.7 Å². The van der Waals surface area contributed by atoms with Crippen LogP contribution in [0.2, 0.25) is 0 Å². The number of hydrogen-bond acceptors (Lipinski definition) is 4.